The summed E-state index contributed by atoms with van der Waals surface area (Å²) < 4.78 is 0. The molecule has 0 aromatic heterocycles. The third-order valence-corrected chi connectivity index (χ3v) is 3.87. The van der Waals surface area contributed by atoms with Crippen LogP contribution in [0, 0.1) is 23.0 Å². The maximum Gasteiger partial charge on any atom is 0.272 e. The van der Waals surface area contributed by atoms with Crippen LogP contribution in [-0.4, -0.2) is 11.5 Å². The zero-order valence-corrected chi connectivity index (χ0v) is 11.0. The molecule has 0 radical (unpaired) electrons. The van der Waals surface area contributed by atoms with Gasteiger partial charge in [-0.2, -0.15) is 0 Å². The van der Waals surface area contributed by atoms with Gasteiger partial charge in [-0.25, -0.2) is 0 Å². The van der Waals surface area contributed by atoms with E-state index in [9.17, 15) is 10.1 Å². The Labute approximate surface area is 108 Å². The molecule has 2 rings (SSSR count). The van der Waals surface area contributed by atoms with Crippen molar-refractivity contribution in [1.29, 1.82) is 0 Å². The molecule has 1 N–H and O–H groups in total. The quantitative estimate of drug-likeness (QED) is 0.642. The van der Waals surface area contributed by atoms with Crippen molar-refractivity contribution in [3.05, 3.63) is 39.4 Å². The van der Waals surface area contributed by atoms with Crippen LogP contribution in [0.5, 0.6) is 0 Å². The largest absolute Gasteiger partial charge is 0.310 e. The Bertz CT molecular complexity index is 441. The van der Waals surface area contributed by atoms with E-state index in [1.54, 1.807) is 13.0 Å². The summed E-state index contributed by atoms with van der Waals surface area (Å²) in [6.07, 6.45) is 3.97. The summed E-state index contributed by atoms with van der Waals surface area (Å²) in [5, 5.41) is 14.4. The molecule has 1 atom stereocenters. The molecule has 4 nitrogen and oxygen atoms in total. The zero-order valence-electron chi connectivity index (χ0n) is 11.0. The fourth-order valence-corrected chi connectivity index (χ4v) is 2.25. The summed E-state index contributed by atoms with van der Waals surface area (Å²) in [6, 6.07) is 5.66. The second-order valence-electron chi connectivity index (χ2n) is 5.23. The van der Waals surface area contributed by atoms with E-state index in [2.05, 4.69) is 12.2 Å². The van der Waals surface area contributed by atoms with E-state index in [-0.39, 0.29) is 16.7 Å². The summed E-state index contributed by atoms with van der Waals surface area (Å²) in [4.78, 5) is 10.6. The third-order valence-electron chi connectivity index (χ3n) is 3.87. The van der Waals surface area contributed by atoms with Crippen molar-refractivity contribution in [3.8, 4) is 0 Å². The lowest BCUT2D eigenvalue weighted by Crippen LogP contribution is -2.29. The first-order valence-corrected chi connectivity index (χ1v) is 6.56. The predicted molar refractivity (Wildman–Crippen MR) is 71.6 cm³/mol. The van der Waals surface area contributed by atoms with Gasteiger partial charge >= 0.3 is 0 Å². The van der Waals surface area contributed by atoms with Crippen molar-refractivity contribution in [2.75, 3.05) is 6.54 Å². The van der Waals surface area contributed by atoms with Crippen molar-refractivity contribution in [2.45, 2.75) is 39.2 Å². The number of rotatable bonds is 5. The highest BCUT2D eigenvalue weighted by Gasteiger charge is 2.19. The topological polar surface area (TPSA) is 55.2 Å². The van der Waals surface area contributed by atoms with Gasteiger partial charge in [0.1, 0.15) is 0 Å². The lowest BCUT2D eigenvalue weighted by atomic mass is 9.85. The van der Waals surface area contributed by atoms with E-state index >= 15 is 0 Å². The second-order valence-corrected chi connectivity index (χ2v) is 5.23. The smallest absolute Gasteiger partial charge is 0.272 e. The van der Waals surface area contributed by atoms with Gasteiger partial charge in [0, 0.05) is 17.7 Å². The average Bonchev–Trinajstić information content (AvgIpc) is 2.26. The van der Waals surface area contributed by atoms with Gasteiger partial charge in [-0.3, -0.25) is 10.1 Å². The Kier molecular flexibility index (Phi) is 3.97. The predicted octanol–water partition coefficient (Wildman–Crippen LogP) is 3.35. The Morgan fingerprint density at radius 2 is 2.22 bits per heavy atom. The highest BCUT2D eigenvalue weighted by atomic mass is 16.6. The van der Waals surface area contributed by atoms with Gasteiger partial charge in [0.25, 0.3) is 5.69 Å². The maximum absolute atomic E-state index is 10.9. The molecule has 98 valence electrons. The normalized spacial score (nSPS) is 17.2. The molecule has 18 heavy (non-hydrogen) atoms. The molecule has 1 aliphatic rings. The number of aryl methyl sites for hydroxylation is 1. The monoisotopic (exact) mass is 248 g/mol. The van der Waals surface area contributed by atoms with Crippen molar-refractivity contribution >= 4 is 5.69 Å². The van der Waals surface area contributed by atoms with Crippen molar-refractivity contribution in [3.63, 3.8) is 0 Å². The van der Waals surface area contributed by atoms with E-state index in [1.807, 2.05) is 12.1 Å². The summed E-state index contributed by atoms with van der Waals surface area (Å²) in [6.45, 7) is 4.85. The lowest BCUT2D eigenvalue weighted by molar-refractivity contribution is -0.385. The molecule has 0 heterocycles. The minimum atomic E-state index is -0.308. The molecule has 4 heteroatoms. The summed E-state index contributed by atoms with van der Waals surface area (Å²) >= 11 is 0. The lowest BCUT2D eigenvalue weighted by Gasteiger charge is -2.27. The first-order valence-electron chi connectivity index (χ1n) is 6.56. The molecule has 0 amide bonds. The number of nitro groups is 1. The molecular formula is C14H20N2O2. The molecule has 0 aliphatic heterocycles. The summed E-state index contributed by atoms with van der Waals surface area (Å²) in [7, 11) is 0. The van der Waals surface area contributed by atoms with Gasteiger partial charge in [-0.05, 0) is 44.7 Å². The Balaban J connectivity index is 2.02. The fraction of sp³-hybridized carbons (Fsp3) is 0.571. The molecule has 1 aliphatic carbocycles. The number of benzene rings is 1. The molecule has 0 spiro atoms. The van der Waals surface area contributed by atoms with Crippen LogP contribution in [0.1, 0.15) is 43.4 Å². The number of nitrogens with one attached hydrogen (secondary N) is 1. The highest BCUT2D eigenvalue weighted by molar-refractivity contribution is 5.43. The van der Waals surface area contributed by atoms with Crippen LogP contribution < -0.4 is 5.32 Å². The highest BCUT2D eigenvalue weighted by Crippen LogP contribution is 2.27. The average molecular weight is 248 g/mol. The van der Waals surface area contributed by atoms with Gasteiger partial charge in [0.05, 0.1) is 4.92 Å². The molecule has 1 fully saturated rings. The summed E-state index contributed by atoms with van der Waals surface area (Å²) in [5.41, 5.74) is 1.92. The van der Waals surface area contributed by atoms with Crippen molar-refractivity contribution in [1.82, 2.24) is 5.32 Å². The molecule has 0 bridgehead atoms. The van der Waals surface area contributed by atoms with E-state index < -0.39 is 0 Å². The van der Waals surface area contributed by atoms with E-state index in [1.165, 1.54) is 19.3 Å². The molecular weight excluding hydrogens is 228 g/mol. The van der Waals surface area contributed by atoms with Gasteiger partial charge < -0.3 is 5.32 Å². The summed E-state index contributed by atoms with van der Waals surface area (Å²) in [5.74, 6) is 0.799. The van der Waals surface area contributed by atoms with E-state index in [0.29, 0.717) is 0 Å². The Morgan fingerprint density at radius 1 is 1.50 bits per heavy atom. The Morgan fingerprint density at radius 3 is 2.78 bits per heavy atom. The number of hydrogen-bond donors (Lipinski definition) is 1. The van der Waals surface area contributed by atoms with Crippen LogP contribution in [0.15, 0.2) is 18.2 Å². The van der Waals surface area contributed by atoms with Gasteiger partial charge in [-0.15, -0.1) is 0 Å². The van der Waals surface area contributed by atoms with Gasteiger partial charge in [0.15, 0.2) is 0 Å². The van der Waals surface area contributed by atoms with Crippen LogP contribution >= 0.6 is 0 Å². The van der Waals surface area contributed by atoms with Gasteiger partial charge in [0.2, 0.25) is 0 Å². The molecule has 0 saturated heterocycles. The van der Waals surface area contributed by atoms with Crippen LogP contribution in [0.3, 0.4) is 0 Å². The fourth-order valence-electron chi connectivity index (χ4n) is 2.25. The number of nitrogens with zero attached hydrogens (tertiary/aromatic N) is 1. The third kappa shape index (κ3) is 2.88. The van der Waals surface area contributed by atoms with Crippen LogP contribution in [-0.2, 0) is 0 Å². The number of nitro benzene ring substituents is 1. The van der Waals surface area contributed by atoms with E-state index in [0.717, 1.165) is 23.6 Å². The molecule has 1 saturated carbocycles. The molecule has 1 aromatic carbocycles. The standard InChI is InChI=1S/C14H20N2O2/c1-10-6-7-13(8-14(10)16(17)18)11(2)15-9-12-4-3-5-12/h6-8,11-12,15H,3-5,9H2,1-2H3. The Hall–Kier alpha value is -1.42. The second kappa shape index (κ2) is 5.48. The van der Waals surface area contributed by atoms with Crippen LogP contribution in [0.25, 0.3) is 0 Å². The number of hydrogen-bond acceptors (Lipinski definition) is 3. The molecule has 1 aromatic rings. The van der Waals surface area contributed by atoms with E-state index in [4.69, 9.17) is 0 Å². The van der Waals surface area contributed by atoms with Crippen LogP contribution in [0.4, 0.5) is 5.69 Å². The first kappa shape index (κ1) is 13.0. The first-order chi connectivity index (χ1) is 8.58. The molecule has 1 unspecified atom stereocenters. The minimum absolute atomic E-state index is 0.171. The van der Waals surface area contributed by atoms with Crippen molar-refractivity contribution in [2.24, 2.45) is 5.92 Å². The maximum atomic E-state index is 10.9. The minimum Gasteiger partial charge on any atom is -0.310 e. The van der Waals surface area contributed by atoms with Crippen LogP contribution in [0.2, 0.25) is 0 Å². The van der Waals surface area contributed by atoms with Gasteiger partial charge in [-0.1, -0.05) is 18.6 Å². The zero-order chi connectivity index (χ0) is 13.1. The SMILES string of the molecule is Cc1ccc(C(C)NCC2CCC2)cc1[N+](=O)[O-]. The van der Waals surface area contributed by atoms with Crippen molar-refractivity contribution < 1.29 is 4.92 Å².